The summed E-state index contributed by atoms with van der Waals surface area (Å²) in [5.74, 6) is -0.748. The predicted molar refractivity (Wildman–Crippen MR) is 104 cm³/mol. The van der Waals surface area contributed by atoms with Crippen molar-refractivity contribution in [3.63, 3.8) is 0 Å². The molecule has 7 heteroatoms. The number of amides is 2. The summed E-state index contributed by atoms with van der Waals surface area (Å²) in [6, 6.07) is 16.9. The van der Waals surface area contributed by atoms with Gasteiger partial charge in [-0.25, -0.2) is 8.42 Å². The van der Waals surface area contributed by atoms with Gasteiger partial charge in [-0.2, -0.15) is 0 Å². The zero-order valence-corrected chi connectivity index (χ0v) is 15.9. The van der Waals surface area contributed by atoms with Gasteiger partial charge in [0.15, 0.2) is 9.84 Å². The predicted octanol–water partition coefficient (Wildman–Crippen LogP) is 1.78. The molecule has 1 fully saturated rings. The van der Waals surface area contributed by atoms with E-state index in [2.05, 4.69) is 10.6 Å². The highest BCUT2D eigenvalue weighted by Crippen LogP contribution is 2.22. The summed E-state index contributed by atoms with van der Waals surface area (Å²) in [5.41, 5.74) is 1.75. The van der Waals surface area contributed by atoms with Gasteiger partial charge >= 0.3 is 0 Å². The molecule has 1 aliphatic heterocycles. The molecule has 2 aromatic rings. The van der Waals surface area contributed by atoms with Crippen molar-refractivity contribution in [2.24, 2.45) is 0 Å². The molecule has 1 unspecified atom stereocenters. The zero-order chi connectivity index (χ0) is 19.5. The van der Waals surface area contributed by atoms with Crippen molar-refractivity contribution in [1.82, 2.24) is 10.6 Å². The van der Waals surface area contributed by atoms with Crippen LogP contribution in [0, 0.1) is 0 Å². The fourth-order valence-corrected chi connectivity index (χ4v) is 5.29. The summed E-state index contributed by atoms with van der Waals surface area (Å²) in [4.78, 5) is 24.3. The summed E-state index contributed by atoms with van der Waals surface area (Å²) < 4.78 is 23.2. The number of carbonyl (C=O) groups is 2. The van der Waals surface area contributed by atoms with Crippen LogP contribution in [0.3, 0.4) is 0 Å². The smallest absolute Gasteiger partial charge is 0.251 e. The Bertz CT molecular complexity index is 940. The molecule has 2 aromatic carbocycles. The molecule has 0 aromatic heterocycles. The van der Waals surface area contributed by atoms with Gasteiger partial charge in [-0.05, 0) is 36.6 Å². The maximum atomic E-state index is 12.2. The van der Waals surface area contributed by atoms with Crippen molar-refractivity contribution in [3.05, 3.63) is 60.2 Å². The number of nitrogens with one attached hydrogen (secondary N) is 2. The van der Waals surface area contributed by atoms with Crippen LogP contribution >= 0.6 is 0 Å². The van der Waals surface area contributed by atoms with Crippen LogP contribution in [0.1, 0.15) is 23.7 Å². The molecule has 0 bridgehead atoms. The van der Waals surface area contributed by atoms with Crippen LogP contribution in [-0.2, 0) is 14.6 Å². The molecule has 0 radical (unpaired) electrons. The second kappa shape index (κ2) is 7.52. The van der Waals surface area contributed by atoms with Gasteiger partial charge in [0.2, 0.25) is 5.91 Å². The first kappa shape index (κ1) is 19.1. The summed E-state index contributed by atoms with van der Waals surface area (Å²) in [5, 5.41) is 5.28. The lowest BCUT2D eigenvalue weighted by atomic mass is 10.0. The molecule has 1 heterocycles. The Labute approximate surface area is 158 Å². The van der Waals surface area contributed by atoms with Gasteiger partial charge in [-0.15, -0.1) is 0 Å². The normalized spacial score (nSPS) is 20.8. The van der Waals surface area contributed by atoms with Crippen molar-refractivity contribution in [2.45, 2.75) is 18.9 Å². The van der Waals surface area contributed by atoms with Gasteiger partial charge in [0.1, 0.15) is 0 Å². The average Bonchev–Trinajstić information content (AvgIpc) is 2.93. The van der Waals surface area contributed by atoms with Crippen molar-refractivity contribution < 1.29 is 18.0 Å². The standard InChI is InChI=1S/C20H22N2O4S/c1-20(11-12-27(25,26)14-20)22-18(23)13-21-19(24)17-9-7-16(8-10-17)15-5-3-2-4-6-15/h2-10H,11-14H2,1H3,(H,21,24)(H,22,23). The molecular weight excluding hydrogens is 364 g/mol. The number of rotatable bonds is 5. The lowest BCUT2D eigenvalue weighted by Gasteiger charge is -2.23. The van der Waals surface area contributed by atoms with Crippen molar-refractivity contribution in [2.75, 3.05) is 18.1 Å². The van der Waals surface area contributed by atoms with Crippen molar-refractivity contribution in [1.29, 1.82) is 0 Å². The molecule has 1 aliphatic rings. The average molecular weight is 386 g/mol. The van der Waals surface area contributed by atoms with E-state index in [0.717, 1.165) is 11.1 Å². The topological polar surface area (TPSA) is 92.3 Å². The van der Waals surface area contributed by atoms with Crippen molar-refractivity contribution >= 4 is 21.7 Å². The van der Waals surface area contributed by atoms with E-state index in [1.165, 1.54) is 0 Å². The first-order chi connectivity index (χ1) is 12.8. The molecule has 6 nitrogen and oxygen atoms in total. The molecular formula is C20H22N2O4S. The van der Waals surface area contributed by atoms with Crippen molar-refractivity contribution in [3.8, 4) is 11.1 Å². The van der Waals surface area contributed by atoms with Gasteiger partial charge in [-0.1, -0.05) is 42.5 Å². The van der Waals surface area contributed by atoms with Crippen LogP contribution in [0.4, 0.5) is 0 Å². The molecule has 0 saturated carbocycles. The summed E-state index contributed by atoms with van der Waals surface area (Å²) in [7, 11) is -3.10. The second-order valence-electron chi connectivity index (χ2n) is 7.08. The Hall–Kier alpha value is -2.67. The van der Waals surface area contributed by atoms with Gasteiger partial charge in [0.05, 0.1) is 23.6 Å². The molecule has 1 atom stereocenters. The molecule has 0 aliphatic carbocycles. The molecule has 2 amide bonds. The summed E-state index contributed by atoms with van der Waals surface area (Å²) in [6.45, 7) is 1.51. The minimum Gasteiger partial charge on any atom is -0.348 e. The highest BCUT2D eigenvalue weighted by atomic mass is 32.2. The summed E-state index contributed by atoms with van der Waals surface area (Å²) in [6.07, 6.45) is 0.385. The number of sulfone groups is 1. The second-order valence-corrected chi connectivity index (χ2v) is 9.26. The number of carbonyl (C=O) groups excluding carboxylic acids is 2. The summed E-state index contributed by atoms with van der Waals surface area (Å²) >= 11 is 0. The minimum atomic E-state index is -3.10. The first-order valence-electron chi connectivity index (χ1n) is 8.72. The van der Waals surface area contributed by atoms with E-state index >= 15 is 0 Å². The third-order valence-electron chi connectivity index (χ3n) is 4.61. The highest BCUT2D eigenvalue weighted by molar-refractivity contribution is 7.91. The largest absolute Gasteiger partial charge is 0.348 e. The molecule has 3 rings (SSSR count). The fraction of sp³-hybridized carbons (Fsp3) is 0.300. The van der Waals surface area contributed by atoms with Crippen LogP contribution in [0.5, 0.6) is 0 Å². The van der Waals surface area contributed by atoms with E-state index in [1.54, 1.807) is 19.1 Å². The first-order valence-corrected chi connectivity index (χ1v) is 10.5. The lowest BCUT2D eigenvalue weighted by Crippen LogP contribution is -2.50. The van der Waals surface area contributed by atoms with Gasteiger partial charge in [0, 0.05) is 5.56 Å². The quantitative estimate of drug-likeness (QED) is 0.819. The fourth-order valence-electron chi connectivity index (χ4n) is 3.20. The number of benzene rings is 2. The lowest BCUT2D eigenvalue weighted by molar-refractivity contribution is -0.121. The van der Waals surface area contributed by atoms with Crippen LogP contribution in [0.15, 0.2) is 54.6 Å². The maximum Gasteiger partial charge on any atom is 0.251 e. The Balaban J connectivity index is 1.54. The zero-order valence-electron chi connectivity index (χ0n) is 15.1. The monoisotopic (exact) mass is 386 g/mol. The Kier molecular flexibility index (Phi) is 5.32. The third kappa shape index (κ3) is 4.95. The molecule has 2 N–H and O–H groups in total. The molecule has 142 valence electrons. The van der Waals surface area contributed by atoms with E-state index in [4.69, 9.17) is 0 Å². The van der Waals surface area contributed by atoms with E-state index in [0.29, 0.717) is 12.0 Å². The molecule has 1 saturated heterocycles. The van der Waals surface area contributed by atoms with Gasteiger partial charge in [0.25, 0.3) is 5.91 Å². The third-order valence-corrected chi connectivity index (χ3v) is 6.51. The van der Waals surface area contributed by atoms with Crippen LogP contribution in [0.2, 0.25) is 0 Å². The van der Waals surface area contributed by atoms with E-state index in [-0.39, 0.29) is 24.0 Å². The van der Waals surface area contributed by atoms with E-state index in [1.807, 2.05) is 42.5 Å². The molecule has 0 spiro atoms. The van der Waals surface area contributed by atoms with Crippen LogP contribution in [0.25, 0.3) is 11.1 Å². The SMILES string of the molecule is CC1(NC(=O)CNC(=O)c2ccc(-c3ccccc3)cc2)CCS(=O)(=O)C1. The Morgan fingerprint density at radius 1 is 1.00 bits per heavy atom. The Morgan fingerprint density at radius 2 is 1.63 bits per heavy atom. The van der Waals surface area contributed by atoms with E-state index in [9.17, 15) is 18.0 Å². The number of hydrogen-bond donors (Lipinski definition) is 2. The van der Waals surface area contributed by atoms with Crippen LogP contribution in [-0.4, -0.2) is 43.8 Å². The Morgan fingerprint density at radius 3 is 2.22 bits per heavy atom. The van der Waals surface area contributed by atoms with E-state index < -0.39 is 21.3 Å². The van der Waals surface area contributed by atoms with Gasteiger partial charge in [-0.3, -0.25) is 9.59 Å². The number of hydrogen-bond acceptors (Lipinski definition) is 4. The minimum absolute atomic E-state index is 0.0688. The van der Waals surface area contributed by atoms with Gasteiger partial charge < -0.3 is 10.6 Å². The molecule has 27 heavy (non-hydrogen) atoms. The highest BCUT2D eigenvalue weighted by Gasteiger charge is 2.39. The van der Waals surface area contributed by atoms with Crippen LogP contribution < -0.4 is 10.6 Å². The maximum absolute atomic E-state index is 12.2.